The van der Waals surface area contributed by atoms with Gasteiger partial charge in [0.15, 0.2) is 6.29 Å². The lowest BCUT2D eigenvalue weighted by Crippen LogP contribution is -2.09. The summed E-state index contributed by atoms with van der Waals surface area (Å²) < 4.78 is 0. The fourth-order valence-corrected chi connectivity index (χ4v) is 3.05. The molecule has 0 amide bonds. The zero-order chi connectivity index (χ0) is 21.5. The molecule has 28 heavy (non-hydrogen) atoms. The number of terminal acetylenes is 1. The number of pyridine rings is 1. The quantitative estimate of drug-likeness (QED) is 0.250. The van der Waals surface area contributed by atoms with Gasteiger partial charge in [-0.05, 0) is 26.0 Å². The molecule has 2 N–H and O–H groups in total. The van der Waals surface area contributed by atoms with Crippen molar-refractivity contribution in [2.75, 3.05) is 32.6 Å². The average Bonchev–Trinajstić information content (AvgIpc) is 3.07. The highest BCUT2D eigenvalue weighted by Gasteiger charge is 2.16. The molecule has 2 aromatic heterocycles. The third-order valence-electron chi connectivity index (χ3n) is 3.28. The first-order valence-corrected chi connectivity index (χ1v) is 9.39. The molecule has 0 aliphatic carbocycles. The van der Waals surface area contributed by atoms with Gasteiger partial charge in [0.2, 0.25) is 0 Å². The topological polar surface area (TPSA) is 74.8 Å². The highest BCUT2D eigenvalue weighted by Crippen LogP contribution is 2.40. The fourth-order valence-electron chi connectivity index (χ4n) is 2.13. The van der Waals surface area contributed by atoms with Crippen molar-refractivity contribution in [3.05, 3.63) is 42.1 Å². The van der Waals surface area contributed by atoms with Crippen LogP contribution in [0.4, 0.5) is 11.4 Å². The summed E-state index contributed by atoms with van der Waals surface area (Å²) >= 11 is 1.36. The minimum absolute atomic E-state index is 0.594. The normalized spacial score (nSPS) is 10.1. The van der Waals surface area contributed by atoms with Gasteiger partial charge in [0, 0.05) is 33.5 Å². The third kappa shape index (κ3) is 7.35. The second-order valence-electron chi connectivity index (χ2n) is 5.60. The average molecular weight is 400 g/mol. The number of carbonyl (C=O) groups is 1. The minimum Gasteiger partial charge on any atom is -0.377 e. The predicted molar refractivity (Wildman–Crippen MR) is 124 cm³/mol. The first kappa shape index (κ1) is 25.1. The van der Waals surface area contributed by atoms with Gasteiger partial charge in [-0.2, -0.15) is 0 Å². The van der Waals surface area contributed by atoms with Crippen LogP contribution in [0.5, 0.6) is 0 Å². The lowest BCUT2D eigenvalue weighted by Gasteiger charge is -2.13. The summed E-state index contributed by atoms with van der Waals surface area (Å²) in [5, 5.41) is 0.916. The van der Waals surface area contributed by atoms with E-state index in [-0.39, 0.29) is 0 Å². The summed E-state index contributed by atoms with van der Waals surface area (Å²) in [7, 11) is 5.82. The van der Waals surface area contributed by atoms with Gasteiger partial charge < -0.3 is 15.5 Å². The zero-order valence-electron chi connectivity index (χ0n) is 17.0. The fraction of sp³-hybridized carbons (Fsp3) is 0.286. The molecule has 2 heterocycles. The van der Waals surface area contributed by atoms with E-state index in [4.69, 9.17) is 5.73 Å². The second kappa shape index (κ2) is 14.2. The number of anilines is 1. The van der Waals surface area contributed by atoms with Crippen LogP contribution in [0.25, 0.3) is 10.2 Å². The van der Waals surface area contributed by atoms with Crippen LogP contribution in [0.1, 0.15) is 23.0 Å². The van der Waals surface area contributed by atoms with E-state index in [2.05, 4.69) is 29.4 Å². The number of hydrogen-bond acceptors (Lipinski definition) is 6. The van der Waals surface area contributed by atoms with Crippen molar-refractivity contribution in [3.63, 3.8) is 0 Å². The highest BCUT2D eigenvalue weighted by molar-refractivity contribution is 7.21. The molecule has 2 rings (SSSR count). The Kier molecular flexibility index (Phi) is 12.7. The molecule has 7 heteroatoms. The van der Waals surface area contributed by atoms with Gasteiger partial charge in [0.1, 0.15) is 4.83 Å². The first-order chi connectivity index (χ1) is 13.5. The van der Waals surface area contributed by atoms with Crippen LogP contribution in [0.15, 0.2) is 42.2 Å². The summed E-state index contributed by atoms with van der Waals surface area (Å²) in [6.45, 7) is 6.14. The summed E-state index contributed by atoms with van der Waals surface area (Å²) in [6.07, 6.45) is 18.8. The maximum Gasteiger partial charge on any atom is 0.162 e. The molecule has 0 aliphatic rings. The van der Waals surface area contributed by atoms with Gasteiger partial charge in [-0.15, -0.1) is 30.8 Å². The molecule has 2 aromatic rings. The maximum absolute atomic E-state index is 11.3. The Morgan fingerprint density at radius 2 is 2.04 bits per heavy atom. The van der Waals surface area contributed by atoms with Crippen LogP contribution in [0.2, 0.25) is 0 Å². The molecule has 0 saturated carbocycles. The number of carbonyl (C=O) groups excluding carboxylic acids is 1. The Morgan fingerprint density at radius 3 is 2.50 bits per heavy atom. The van der Waals surface area contributed by atoms with Crippen molar-refractivity contribution in [2.45, 2.75) is 13.3 Å². The highest BCUT2D eigenvalue weighted by atomic mass is 32.1. The molecule has 0 aromatic carbocycles. The molecule has 0 aliphatic heterocycles. The van der Waals surface area contributed by atoms with Crippen molar-refractivity contribution >= 4 is 45.6 Å². The number of nitrogens with two attached hydrogens (primary N) is 1. The zero-order valence-corrected chi connectivity index (χ0v) is 17.8. The SMILES string of the molecule is C#C.C/C=C/N(C)C=Nc1c(C=O)sc2nccc(N(C)C)c12.C=CCCN. The van der Waals surface area contributed by atoms with Crippen molar-refractivity contribution < 1.29 is 4.79 Å². The molecule has 0 radical (unpaired) electrons. The lowest BCUT2D eigenvalue weighted by molar-refractivity contribution is 0.112. The molecule has 0 atom stereocenters. The number of aromatic nitrogens is 1. The Morgan fingerprint density at radius 1 is 1.36 bits per heavy atom. The van der Waals surface area contributed by atoms with Crippen molar-refractivity contribution in [2.24, 2.45) is 10.7 Å². The number of thiophene rings is 1. The standard InChI is InChI=1S/C15H18N4OS.C4H9N.C2H2/c1-5-8-19(4)10-17-14-12(9-20)21-15-13(14)11(18(2)3)6-7-16-15;1-2-3-4-5;1-2/h5-10H,1-4H3;2H,1,3-5H2;1-2H/b8-5+,17-10?;;. The first-order valence-electron chi connectivity index (χ1n) is 8.57. The molecule has 150 valence electrons. The molecule has 0 unspecified atom stereocenters. The van der Waals surface area contributed by atoms with Crippen molar-refractivity contribution in [1.29, 1.82) is 0 Å². The summed E-state index contributed by atoms with van der Waals surface area (Å²) in [5.41, 5.74) is 6.75. The number of rotatable bonds is 7. The van der Waals surface area contributed by atoms with E-state index in [1.54, 1.807) is 18.6 Å². The van der Waals surface area contributed by atoms with E-state index in [9.17, 15) is 4.79 Å². The van der Waals surface area contributed by atoms with Gasteiger partial charge in [-0.25, -0.2) is 9.98 Å². The Hall–Kier alpha value is -2.95. The van der Waals surface area contributed by atoms with Crippen LogP contribution < -0.4 is 10.6 Å². The largest absolute Gasteiger partial charge is 0.377 e. The van der Waals surface area contributed by atoms with E-state index < -0.39 is 0 Å². The summed E-state index contributed by atoms with van der Waals surface area (Å²) in [4.78, 5) is 25.4. The van der Waals surface area contributed by atoms with Crippen LogP contribution in [0.3, 0.4) is 0 Å². The predicted octanol–water partition coefficient (Wildman–Crippen LogP) is 4.07. The molecule has 0 saturated heterocycles. The van der Waals surface area contributed by atoms with Gasteiger partial charge in [0.25, 0.3) is 0 Å². The van der Waals surface area contributed by atoms with Gasteiger partial charge >= 0.3 is 0 Å². The van der Waals surface area contributed by atoms with Crippen LogP contribution in [-0.2, 0) is 0 Å². The molecule has 6 nitrogen and oxygen atoms in total. The van der Waals surface area contributed by atoms with Crippen molar-refractivity contribution in [1.82, 2.24) is 9.88 Å². The van der Waals surface area contributed by atoms with Crippen LogP contribution >= 0.6 is 11.3 Å². The Labute approximate surface area is 172 Å². The monoisotopic (exact) mass is 399 g/mol. The Bertz CT molecular complexity index is 821. The number of allylic oxidation sites excluding steroid dienone is 1. The van der Waals surface area contributed by atoms with E-state index in [0.717, 1.165) is 35.2 Å². The lowest BCUT2D eigenvalue weighted by atomic mass is 10.2. The van der Waals surface area contributed by atoms with Crippen LogP contribution in [0, 0.1) is 12.8 Å². The molecular weight excluding hydrogens is 370 g/mol. The maximum atomic E-state index is 11.3. The number of aliphatic imine (C=N–C) groups is 1. The number of nitrogens with zero attached hydrogens (tertiary/aromatic N) is 4. The molecular formula is C21H29N5OS. The van der Waals surface area contributed by atoms with Gasteiger partial charge in [0.05, 0.1) is 28.0 Å². The second-order valence-corrected chi connectivity index (χ2v) is 6.63. The van der Waals surface area contributed by atoms with Crippen LogP contribution in [-0.4, -0.2) is 50.2 Å². The van der Waals surface area contributed by atoms with Gasteiger partial charge in [-0.1, -0.05) is 12.2 Å². The van der Waals surface area contributed by atoms with E-state index >= 15 is 0 Å². The van der Waals surface area contributed by atoms with Gasteiger partial charge in [-0.3, -0.25) is 4.79 Å². The van der Waals surface area contributed by atoms with E-state index in [0.29, 0.717) is 10.6 Å². The number of aldehydes is 1. The molecule has 0 spiro atoms. The number of hydrogen-bond donors (Lipinski definition) is 1. The minimum atomic E-state index is 0.594. The molecule has 0 bridgehead atoms. The Balaban J connectivity index is 0.000000906. The summed E-state index contributed by atoms with van der Waals surface area (Å²) in [5.74, 6) is 0. The smallest absolute Gasteiger partial charge is 0.162 e. The van der Waals surface area contributed by atoms with Crippen molar-refractivity contribution in [3.8, 4) is 12.8 Å². The van der Waals surface area contributed by atoms with E-state index in [1.807, 2.05) is 56.2 Å². The summed E-state index contributed by atoms with van der Waals surface area (Å²) in [6, 6.07) is 1.93. The van der Waals surface area contributed by atoms with E-state index in [1.165, 1.54) is 11.3 Å². The third-order valence-corrected chi connectivity index (χ3v) is 4.30. The molecule has 0 fully saturated rings. The number of fused-ring (bicyclic) bond motifs is 1.